The minimum absolute atomic E-state index is 0.153. The molecular formula is C24H31NO3Si. The van der Waals surface area contributed by atoms with Gasteiger partial charge in [0.1, 0.15) is 12.4 Å². The first-order valence-electron chi connectivity index (χ1n) is 9.74. The molecule has 2 rings (SSSR count). The van der Waals surface area contributed by atoms with E-state index in [1.807, 2.05) is 54.6 Å². The Labute approximate surface area is 176 Å². The van der Waals surface area contributed by atoms with Gasteiger partial charge in [0.25, 0.3) is 0 Å². The van der Waals surface area contributed by atoms with Gasteiger partial charge in [-0.3, -0.25) is 0 Å². The Hall–Kier alpha value is -2.55. The lowest BCUT2D eigenvalue weighted by molar-refractivity contribution is 0.131. The Morgan fingerprint density at radius 3 is 2.24 bits per heavy atom. The van der Waals surface area contributed by atoms with Crippen molar-refractivity contribution in [2.24, 2.45) is 5.16 Å². The highest BCUT2D eigenvalue weighted by atomic mass is 28.4. The lowest BCUT2D eigenvalue weighted by Crippen LogP contribution is -2.40. The normalized spacial score (nSPS) is 12.1. The first kappa shape index (κ1) is 22.7. The molecule has 0 unspecified atom stereocenters. The van der Waals surface area contributed by atoms with Gasteiger partial charge in [0, 0.05) is 5.56 Å². The van der Waals surface area contributed by atoms with E-state index in [-0.39, 0.29) is 5.04 Å². The van der Waals surface area contributed by atoms with Crippen LogP contribution in [0.4, 0.5) is 0 Å². The van der Waals surface area contributed by atoms with Gasteiger partial charge in [0.15, 0.2) is 14.0 Å². The molecule has 29 heavy (non-hydrogen) atoms. The summed E-state index contributed by atoms with van der Waals surface area (Å²) in [7, 11) is -0.184. The monoisotopic (exact) mass is 409 g/mol. The van der Waals surface area contributed by atoms with E-state index in [9.17, 15) is 0 Å². The van der Waals surface area contributed by atoms with Crippen LogP contribution in [0.1, 0.15) is 31.9 Å². The van der Waals surface area contributed by atoms with Crippen LogP contribution in [-0.4, -0.2) is 27.7 Å². The number of methoxy groups -OCH3 is 1. The summed E-state index contributed by atoms with van der Waals surface area (Å²) in [6.45, 7) is 11.9. The average molecular weight is 410 g/mol. The van der Waals surface area contributed by atoms with E-state index in [0.717, 1.165) is 16.9 Å². The zero-order valence-electron chi connectivity index (χ0n) is 18.3. The maximum atomic E-state index is 6.14. The summed E-state index contributed by atoms with van der Waals surface area (Å²) >= 11 is 0. The fourth-order valence-electron chi connectivity index (χ4n) is 2.19. The van der Waals surface area contributed by atoms with E-state index in [1.165, 1.54) is 0 Å². The predicted octanol–water partition coefficient (Wildman–Crippen LogP) is 5.64. The van der Waals surface area contributed by atoms with Gasteiger partial charge in [-0.25, -0.2) is 0 Å². The molecule has 2 aromatic rings. The molecule has 154 valence electrons. The number of benzene rings is 2. The molecule has 0 saturated carbocycles. The van der Waals surface area contributed by atoms with E-state index in [1.54, 1.807) is 7.11 Å². The molecule has 4 nitrogen and oxygen atoms in total. The number of hydrogen-bond acceptors (Lipinski definition) is 4. The second kappa shape index (κ2) is 10.3. The fraction of sp³-hybridized carbons (Fsp3) is 0.375. The summed E-state index contributed by atoms with van der Waals surface area (Å²) in [5.74, 6) is 7.01. The summed E-state index contributed by atoms with van der Waals surface area (Å²) in [6, 6.07) is 17.5. The highest BCUT2D eigenvalue weighted by Crippen LogP contribution is 2.36. The van der Waals surface area contributed by atoms with Crippen LogP contribution in [-0.2, 0) is 15.9 Å². The molecule has 0 radical (unpaired) electrons. The SMILES string of the molecule is COc1ccc(/C(C#CCO[Si](C)(C)C(C)(C)C)=N/OCc2ccccc2)cc1. The van der Waals surface area contributed by atoms with Gasteiger partial charge in [-0.2, -0.15) is 0 Å². The van der Waals surface area contributed by atoms with Gasteiger partial charge >= 0.3 is 0 Å². The van der Waals surface area contributed by atoms with Crippen molar-refractivity contribution in [2.45, 2.75) is 45.5 Å². The highest BCUT2D eigenvalue weighted by Gasteiger charge is 2.36. The largest absolute Gasteiger partial charge is 0.497 e. The van der Waals surface area contributed by atoms with Gasteiger partial charge in [-0.15, -0.1) is 0 Å². The van der Waals surface area contributed by atoms with Crippen molar-refractivity contribution in [3.05, 3.63) is 65.7 Å². The molecule has 0 aromatic heterocycles. The van der Waals surface area contributed by atoms with Crippen LogP contribution in [0, 0.1) is 11.8 Å². The number of ether oxygens (including phenoxy) is 1. The third kappa shape index (κ3) is 7.08. The van der Waals surface area contributed by atoms with Gasteiger partial charge in [0.2, 0.25) is 0 Å². The van der Waals surface area contributed by atoms with Crippen LogP contribution >= 0.6 is 0 Å². The van der Waals surface area contributed by atoms with Gasteiger partial charge < -0.3 is 14.0 Å². The number of oxime groups is 1. The Balaban J connectivity index is 2.13. The third-order valence-corrected chi connectivity index (χ3v) is 9.59. The molecule has 0 saturated heterocycles. The zero-order valence-corrected chi connectivity index (χ0v) is 19.3. The molecule has 0 spiro atoms. The summed E-state index contributed by atoms with van der Waals surface area (Å²) in [4.78, 5) is 5.57. The number of hydrogen-bond donors (Lipinski definition) is 0. The molecule has 5 heteroatoms. The second-order valence-electron chi connectivity index (χ2n) is 8.28. The van der Waals surface area contributed by atoms with Crippen molar-refractivity contribution < 1.29 is 14.0 Å². The van der Waals surface area contributed by atoms with Gasteiger partial charge in [-0.1, -0.05) is 62.2 Å². The lowest BCUT2D eigenvalue weighted by Gasteiger charge is -2.35. The Morgan fingerprint density at radius 1 is 1.00 bits per heavy atom. The van der Waals surface area contributed by atoms with E-state index >= 15 is 0 Å². The number of nitrogens with zero attached hydrogens (tertiary/aromatic N) is 1. The van der Waals surface area contributed by atoms with E-state index < -0.39 is 8.32 Å². The van der Waals surface area contributed by atoms with Crippen molar-refractivity contribution >= 4 is 14.0 Å². The smallest absolute Gasteiger partial charge is 0.193 e. The minimum atomic E-state index is -1.83. The van der Waals surface area contributed by atoms with Crippen LogP contribution in [0.15, 0.2) is 59.8 Å². The van der Waals surface area contributed by atoms with E-state index in [2.05, 4.69) is 50.9 Å². The van der Waals surface area contributed by atoms with Gasteiger partial charge in [-0.05, 0) is 53.9 Å². The molecule has 0 bridgehead atoms. The fourth-order valence-corrected chi connectivity index (χ4v) is 3.06. The highest BCUT2D eigenvalue weighted by molar-refractivity contribution is 6.74. The quantitative estimate of drug-likeness (QED) is 0.257. The van der Waals surface area contributed by atoms with Crippen molar-refractivity contribution in [2.75, 3.05) is 13.7 Å². The first-order chi connectivity index (χ1) is 13.7. The van der Waals surface area contributed by atoms with Gasteiger partial charge in [0.05, 0.1) is 13.7 Å². The topological polar surface area (TPSA) is 40.0 Å². The van der Waals surface area contributed by atoms with Crippen LogP contribution in [0.2, 0.25) is 18.1 Å². The Morgan fingerprint density at radius 2 is 1.66 bits per heavy atom. The number of rotatable bonds is 7. The first-order valence-corrected chi connectivity index (χ1v) is 12.6. The molecule has 0 atom stereocenters. The maximum Gasteiger partial charge on any atom is 0.193 e. The van der Waals surface area contributed by atoms with Crippen molar-refractivity contribution in [3.63, 3.8) is 0 Å². The maximum absolute atomic E-state index is 6.14. The summed E-state index contributed by atoms with van der Waals surface area (Å²) < 4.78 is 11.4. The molecule has 0 aliphatic heterocycles. The van der Waals surface area contributed by atoms with Crippen molar-refractivity contribution in [1.29, 1.82) is 0 Å². The molecular weight excluding hydrogens is 378 g/mol. The molecule has 0 amide bonds. The Kier molecular flexibility index (Phi) is 8.07. The van der Waals surface area contributed by atoms with Crippen molar-refractivity contribution in [3.8, 4) is 17.6 Å². The molecule has 0 heterocycles. The summed E-state index contributed by atoms with van der Waals surface area (Å²) in [6.07, 6.45) is 0. The van der Waals surface area contributed by atoms with E-state index in [4.69, 9.17) is 14.0 Å². The lowest BCUT2D eigenvalue weighted by atomic mass is 10.1. The average Bonchev–Trinajstić information content (AvgIpc) is 2.70. The minimum Gasteiger partial charge on any atom is -0.497 e. The molecule has 0 aliphatic carbocycles. The summed E-state index contributed by atoms with van der Waals surface area (Å²) in [5, 5.41) is 4.44. The molecule has 0 fully saturated rings. The molecule has 0 aliphatic rings. The third-order valence-electron chi connectivity index (χ3n) is 5.11. The molecule has 2 aromatic carbocycles. The van der Waals surface area contributed by atoms with Crippen LogP contribution in [0.25, 0.3) is 0 Å². The molecule has 0 N–H and O–H groups in total. The predicted molar refractivity (Wildman–Crippen MR) is 122 cm³/mol. The van der Waals surface area contributed by atoms with Crippen LogP contribution in [0.3, 0.4) is 0 Å². The van der Waals surface area contributed by atoms with Crippen LogP contribution in [0.5, 0.6) is 5.75 Å². The zero-order chi connectivity index (χ0) is 21.3. The van der Waals surface area contributed by atoms with Crippen LogP contribution < -0.4 is 4.74 Å². The van der Waals surface area contributed by atoms with Crippen molar-refractivity contribution in [1.82, 2.24) is 0 Å². The second-order valence-corrected chi connectivity index (χ2v) is 13.1. The van der Waals surface area contributed by atoms with E-state index in [0.29, 0.717) is 18.9 Å². The standard InChI is InChI=1S/C24H31NO3Si/c1-24(2,3)29(5,6)28-18-10-13-23(21-14-16-22(26-4)17-15-21)25-27-19-20-11-8-7-9-12-20/h7-9,11-12,14-17H,18-19H2,1-6H3/b25-23+. The summed E-state index contributed by atoms with van der Waals surface area (Å²) in [5.41, 5.74) is 2.50. The Bertz CT molecular complexity index is 857.